The zero-order valence-electron chi connectivity index (χ0n) is 19.4. The van der Waals surface area contributed by atoms with Gasteiger partial charge in [0.25, 0.3) is 6.43 Å². The van der Waals surface area contributed by atoms with Crippen LogP contribution < -0.4 is 10.2 Å². The number of pyridine rings is 1. The highest BCUT2D eigenvalue weighted by Gasteiger charge is 2.60. The van der Waals surface area contributed by atoms with E-state index in [1.807, 2.05) is 0 Å². The number of urea groups is 1. The highest BCUT2D eigenvalue weighted by Crippen LogP contribution is 2.49. The lowest BCUT2D eigenvalue weighted by Crippen LogP contribution is -2.46. The Morgan fingerprint density at radius 3 is 2.53 bits per heavy atom. The minimum Gasteiger partial charge on any atom is -0.387 e. The molecule has 0 aromatic carbocycles. The fraction of sp³-hybridized carbons (Fsp3) is 0.333. The van der Waals surface area contributed by atoms with E-state index in [4.69, 9.17) is 0 Å². The first-order valence-corrected chi connectivity index (χ1v) is 10.9. The number of fused-ring (bicyclic) bond motifs is 3. The molecule has 0 fully saturated rings. The van der Waals surface area contributed by atoms with Crippen molar-refractivity contribution in [2.75, 3.05) is 16.8 Å². The van der Waals surface area contributed by atoms with Gasteiger partial charge >= 0.3 is 12.2 Å². The molecular formula is C21H17F6N9O2. The molecule has 1 aliphatic rings. The number of carbonyl (C=O) groups excluding carboxylic acids is 1. The molecule has 17 heteroatoms. The number of aliphatic hydroxyl groups is 1. The van der Waals surface area contributed by atoms with Gasteiger partial charge in [-0.05, 0) is 19.9 Å². The molecule has 4 aromatic rings. The van der Waals surface area contributed by atoms with Gasteiger partial charge in [0.05, 0.1) is 47.3 Å². The summed E-state index contributed by atoms with van der Waals surface area (Å²) in [5, 5.41) is 23.0. The van der Waals surface area contributed by atoms with Gasteiger partial charge in [0.15, 0.2) is 11.5 Å². The van der Waals surface area contributed by atoms with Crippen LogP contribution in [0, 0.1) is 5.95 Å². The van der Waals surface area contributed by atoms with E-state index >= 15 is 0 Å². The number of carbonyl (C=O) groups is 1. The van der Waals surface area contributed by atoms with E-state index in [2.05, 4.69) is 30.6 Å². The summed E-state index contributed by atoms with van der Waals surface area (Å²) in [5.74, 6) is -1.44. The highest BCUT2D eigenvalue weighted by atomic mass is 19.4. The summed E-state index contributed by atoms with van der Waals surface area (Å²) in [4.78, 5) is 22.3. The Labute approximate surface area is 208 Å². The van der Waals surface area contributed by atoms with Crippen LogP contribution in [0.25, 0.3) is 11.5 Å². The number of hydrogen-bond donors (Lipinski definition) is 2. The molecular weight excluding hydrogens is 524 g/mol. The van der Waals surface area contributed by atoms with Gasteiger partial charge in [0.2, 0.25) is 5.95 Å². The SMILES string of the molecule is CC(O)c1cnn(-c2ncc(NC(=O)N3CC(C)(C(F)(F)F)c4c3cnc3cc(F)nn43)cc2C(F)F)n1. The summed E-state index contributed by atoms with van der Waals surface area (Å²) in [5.41, 5.74) is -4.47. The lowest BCUT2D eigenvalue weighted by Gasteiger charge is -2.28. The lowest BCUT2D eigenvalue weighted by molar-refractivity contribution is -0.181. The minimum atomic E-state index is -4.87. The van der Waals surface area contributed by atoms with Crippen LogP contribution in [0.2, 0.25) is 0 Å². The number of nitrogens with one attached hydrogen (secondary N) is 1. The second-order valence-corrected chi connectivity index (χ2v) is 8.75. The fourth-order valence-electron chi connectivity index (χ4n) is 4.12. The van der Waals surface area contributed by atoms with Crippen LogP contribution in [0.5, 0.6) is 0 Å². The molecule has 2 amide bonds. The fourth-order valence-corrected chi connectivity index (χ4v) is 4.12. The molecule has 11 nitrogen and oxygen atoms in total. The van der Waals surface area contributed by atoms with Crippen LogP contribution in [0.4, 0.5) is 42.5 Å². The maximum absolute atomic E-state index is 14.2. The van der Waals surface area contributed by atoms with E-state index in [-0.39, 0.29) is 28.5 Å². The van der Waals surface area contributed by atoms with Crippen molar-refractivity contribution >= 4 is 23.1 Å². The third-order valence-corrected chi connectivity index (χ3v) is 6.10. The van der Waals surface area contributed by atoms with Crippen molar-refractivity contribution in [2.45, 2.75) is 38.0 Å². The van der Waals surface area contributed by atoms with Gasteiger partial charge in [-0.15, -0.1) is 15.0 Å². The third kappa shape index (κ3) is 3.98. The molecule has 5 rings (SSSR count). The van der Waals surface area contributed by atoms with Crippen LogP contribution >= 0.6 is 0 Å². The van der Waals surface area contributed by atoms with Crippen molar-refractivity contribution in [1.29, 1.82) is 0 Å². The molecule has 4 aromatic heterocycles. The molecule has 5 heterocycles. The monoisotopic (exact) mass is 541 g/mol. The van der Waals surface area contributed by atoms with Crippen LogP contribution in [0.1, 0.15) is 43.3 Å². The molecule has 200 valence electrons. The van der Waals surface area contributed by atoms with E-state index in [0.29, 0.717) is 4.52 Å². The smallest absolute Gasteiger partial charge is 0.387 e. The first-order valence-electron chi connectivity index (χ1n) is 10.9. The molecule has 0 bridgehead atoms. The summed E-state index contributed by atoms with van der Waals surface area (Å²) in [6.45, 7) is 1.33. The van der Waals surface area contributed by atoms with Crippen LogP contribution in [0.3, 0.4) is 0 Å². The van der Waals surface area contributed by atoms with E-state index in [9.17, 15) is 36.2 Å². The van der Waals surface area contributed by atoms with Crippen LogP contribution in [0.15, 0.2) is 30.7 Å². The maximum atomic E-state index is 14.2. The molecule has 0 spiro atoms. The van der Waals surface area contributed by atoms with Crippen molar-refractivity contribution in [3.8, 4) is 5.82 Å². The summed E-state index contributed by atoms with van der Waals surface area (Å²) >= 11 is 0. The van der Waals surface area contributed by atoms with Gasteiger partial charge in [-0.2, -0.15) is 22.7 Å². The van der Waals surface area contributed by atoms with E-state index < -0.39 is 53.9 Å². The third-order valence-electron chi connectivity index (χ3n) is 6.10. The Hall–Kier alpha value is -4.28. The molecule has 2 unspecified atom stereocenters. The van der Waals surface area contributed by atoms with Gasteiger partial charge < -0.3 is 10.4 Å². The van der Waals surface area contributed by atoms with Crippen molar-refractivity contribution in [1.82, 2.24) is 34.6 Å². The Balaban J connectivity index is 1.50. The van der Waals surface area contributed by atoms with Crippen LogP contribution in [-0.2, 0) is 5.41 Å². The quantitative estimate of drug-likeness (QED) is 0.377. The van der Waals surface area contributed by atoms with Crippen molar-refractivity contribution < 1.29 is 36.2 Å². The van der Waals surface area contributed by atoms with E-state index in [1.165, 1.54) is 6.92 Å². The lowest BCUT2D eigenvalue weighted by atomic mass is 9.88. The topological polar surface area (TPSA) is 126 Å². The number of aromatic nitrogens is 7. The van der Waals surface area contributed by atoms with E-state index in [0.717, 1.165) is 47.3 Å². The number of aliphatic hydroxyl groups excluding tert-OH is 1. The predicted octanol–water partition coefficient (Wildman–Crippen LogP) is 3.71. The van der Waals surface area contributed by atoms with Gasteiger partial charge in [0, 0.05) is 12.6 Å². The van der Waals surface area contributed by atoms with Crippen molar-refractivity contribution in [3.05, 3.63) is 53.6 Å². The van der Waals surface area contributed by atoms with Gasteiger partial charge in [-0.25, -0.2) is 28.1 Å². The molecule has 0 saturated heterocycles. The second-order valence-electron chi connectivity index (χ2n) is 8.75. The van der Waals surface area contributed by atoms with Crippen molar-refractivity contribution in [2.24, 2.45) is 0 Å². The number of halogens is 6. The number of nitrogens with zero attached hydrogens (tertiary/aromatic N) is 8. The summed E-state index contributed by atoms with van der Waals surface area (Å²) in [7, 11) is 0. The first kappa shape index (κ1) is 25.4. The summed E-state index contributed by atoms with van der Waals surface area (Å²) in [6, 6.07) is 0.620. The number of alkyl halides is 5. The van der Waals surface area contributed by atoms with Gasteiger partial charge in [0.1, 0.15) is 11.1 Å². The summed E-state index contributed by atoms with van der Waals surface area (Å²) < 4.78 is 84.6. The average Bonchev–Trinajstić information content (AvgIpc) is 3.54. The Morgan fingerprint density at radius 2 is 1.89 bits per heavy atom. The Bertz CT molecular complexity index is 1550. The second kappa shape index (κ2) is 8.64. The molecule has 2 N–H and O–H groups in total. The molecule has 2 atom stereocenters. The zero-order chi connectivity index (χ0) is 27.6. The van der Waals surface area contributed by atoms with Gasteiger partial charge in [-0.1, -0.05) is 0 Å². The molecule has 0 radical (unpaired) electrons. The standard InChI is InChI=1S/C21H17F6N9O2/c1-9(37)12-6-30-36(32-12)18-11(17(23)24)3-10(5-29-18)31-19(38)34-8-20(2,21(25,26)27)16-13(34)7-28-15-4-14(22)33-35(15)16/h3-7,9,17,37H,8H2,1-2H3,(H,31,38). The van der Waals surface area contributed by atoms with Gasteiger partial charge in [-0.3, -0.25) is 4.90 Å². The first-order chi connectivity index (χ1) is 17.8. The predicted molar refractivity (Wildman–Crippen MR) is 117 cm³/mol. The van der Waals surface area contributed by atoms with E-state index in [1.54, 1.807) is 0 Å². The largest absolute Gasteiger partial charge is 0.401 e. The normalized spacial score (nSPS) is 18.3. The average molecular weight is 541 g/mol. The molecule has 1 aliphatic heterocycles. The molecule has 0 aliphatic carbocycles. The Morgan fingerprint density at radius 1 is 1.16 bits per heavy atom. The van der Waals surface area contributed by atoms with Crippen molar-refractivity contribution in [3.63, 3.8) is 0 Å². The number of hydrogen-bond acceptors (Lipinski definition) is 7. The molecule has 0 saturated carbocycles. The highest BCUT2D eigenvalue weighted by molar-refractivity contribution is 6.03. The number of anilines is 2. The summed E-state index contributed by atoms with van der Waals surface area (Å²) in [6.07, 6.45) is -5.84. The molecule has 38 heavy (non-hydrogen) atoms. The van der Waals surface area contributed by atoms with Crippen LogP contribution in [-0.4, -0.2) is 58.4 Å². The zero-order valence-corrected chi connectivity index (χ0v) is 19.4. The number of rotatable bonds is 4. The number of amides is 2. The minimum absolute atomic E-state index is 0.101. The Kier molecular flexibility index (Phi) is 5.77. The maximum Gasteiger partial charge on any atom is 0.401 e.